The quantitative estimate of drug-likeness (QED) is 0.888. The first-order valence-electron chi connectivity index (χ1n) is 5.68. The molecule has 1 atom stereocenters. The smallest absolute Gasteiger partial charge is 0.422 e. The molecule has 112 valence electrons. The highest BCUT2D eigenvalue weighted by molar-refractivity contribution is 5.82. The molecule has 1 heterocycles. The van der Waals surface area contributed by atoms with Crippen molar-refractivity contribution in [1.29, 1.82) is 0 Å². The van der Waals surface area contributed by atoms with Crippen LogP contribution in [0.25, 0.3) is 5.69 Å². The molecule has 1 aromatic carbocycles. The summed E-state index contributed by atoms with van der Waals surface area (Å²) in [5.74, 6) is -2.51. The highest BCUT2D eigenvalue weighted by atomic mass is 19.4. The average molecular weight is 301 g/mol. The monoisotopic (exact) mass is 301 g/mol. The number of tetrazole rings is 1. The molecule has 0 saturated heterocycles. The van der Waals surface area contributed by atoms with Gasteiger partial charge in [0.05, 0.1) is 5.69 Å². The predicted octanol–water partition coefficient (Wildman–Crippen LogP) is 1.48. The third-order valence-corrected chi connectivity index (χ3v) is 2.83. The van der Waals surface area contributed by atoms with E-state index in [1.807, 2.05) is 5.32 Å². The molecule has 0 saturated carbocycles. The Morgan fingerprint density at radius 1 is 1.29 bits per heavy atom. The van der Waals surface area contributed by atoms with Gasteiger partial charge in [0.15, 0.2) is 0 Å². The van der Waals surface area contributed by atoms with Crippen LogP contribution < -0.4 is 5.32 Å². The van der Waals surface area contributed by atoms with Crippen LogP contribution in [0.2, 0.25) is 0 Å². The van der Waals surface area contributed by atoms with E-state index in [2.05, 4.69) is 15.5 Å². The first kappa shape index (κ1) is 14.8. The number of hydrogen-bond acceptors (Lipinski definition) is 5. The van der Waals surface area contributed by atoms with Crippen LogP contribution in [0.4, 0.5) is 19.1 Å². The van der Waals surface area contributed by atoms with E-state index in [0.717, 1.165) is 4.68 Å². The number of anilines is 1. The highest BCUT2D eigenvalue weighted by Crippen LogP contribution is 2.33. The maximum Gasteiger partial charge on any atom is 0.422 e. The first-order valence-corrected chi connectivity index (χ1v) is 5.68. The van der Waals surface area contributed by atoms with E-state index < -0.39 is 23.6 Å². The van der Waals surface area contributed by atoms with Crippen molar-refractivity contribution in [2.45, 2.75) is 18.6 Å². The summed E-state index contributed by atoms with van der Waals surface area (Å²) in [6.45, 7) is 0.499. The molecule has 1 aromatic heterocycles. The molecule has 21 heavy (non-hydrogen) atoms. The molecule has 2 N–H and O–H groups in total. The van der Waals surface area contributed by atoms with Crippen LogP contribution in [-0.4, -0.2) is 43.0 Å². The lowest BCUT2D eigenvalue weighted by atomic mass is 10.0. The van der Waals surface area contributed by atoms with Gasteiger partial charge in [-0.15, -0.1) is 0 Å². The lowest BCUT2D eigenvalue weighted by Gasteiger charge is -2.28. The molecule has 7 nitrogen and oxygen atoms in total. The number of hydrogen-bond donors (Lipinski definition) is 2. The second kappa shape index (κ2) is 5.04. The first-order chi connectivity index (χ1) is 9.75. The van der Waals surface area contributed by atoms with Crippen molar-refractivity contribution < 1.29 is 23.1 Å². The Morgan fingerprint density at radius 2 is 1.90 bits per heavy atom. The number of carbonyl (C=O) groups is 1. The van der Waals surface area contributed by atoms with Crippen molar-refractivity contribution in [1.82, 2.24) is 20.2 Å². The third kappa shape index (κ3) is 2.64. The number of aliphatic carboxylic acids is 1. The maximum atomic E-state index is 13.0. The largest absolute Gasteiger partial charge is 0.479 e. The summed E-state index contributed by atoms with van der Waals surface area (Å²) in [5.41, 5.74) is -2.83. The average Bonchev–Trinajstić information content (AvgIpc) is 2.86. The molecule has 0 bridgehead atoms. The molecule has 0 radical (unpaired) electrons. The van der Waals surface area contributed by atoms with Gasteiger partial charge in [-0.05, 0) is 29.5 Å². The van der Waals surface area contributed by atoms with E-state index in [-0.39, 0.29) is 0 Å². The SMILES string of the molecule is CC(Nc1nnnn1-c1ccccc1)(C(=O)O)C(F)(F)F. The molecule has 0 aliphatic carbocycles. The van der Waals surface area contributed by atoms with Crippen LogP contribution in [0, 0.1) is 0 Å². The van der Waals surface area contributed by atoms with E-state index in [4.69, 9.17) is 5.11 Å². The lowest BCUT2D eigenvalue weighted by molar-refractivity contribution is -0.193. The second-order valence-electron chi connectivity index (χ2n) is 4.30. The molecule has 0 spiro atoms. The fourth-order valence-electron chi connectivity index (χ4n) is 1.48. The highest BCUT2D eigenvalue weighted by Gasteiger charge is 2.58. The van der Waals surface area contributed by atoms with Gasteiger partial charge in [0, 0.05) is 0 Å². The number of aromatic nitrogens is 4. The van der Waals surface area contributed by atoms with Gasteiger partial charge in [-0.25, -0.2) is 4.79 Å². The van der Waals surface area contributed by atoms with E-state index in [1.165, 1.54) is 0 Å². The van der Waals surface area contributed by atoms with Gasteiger partial charge in [0.1, 0.15) is 0 Å². The van der Waals surface area contributed by atoms with Crippen molar-refractivity contribution in [3.63, 3.8) is 0 Å². The Morgan fingerprint density at radius 3 is 2.43 bits per heavy atom. The number of carboxylic acid groups (broad SMARTS) is 1. The summed E-state index contributed by atoms with van der Waals surface area (Å²) >= 11 is 0. The minimum atomic E-state index is -5.04. The topological polar surface area (TPSA) is 92.9 Å². The van der Waals surface area contributed by atoms with Crippen LogP contribution in [0.5, 0.6) is 0 Å². The van der Waals surface area contributed by atoms with Gasteiger partial charge >= 0.3 is 12.1 Å². The predicted molar refractivity (Wildman–Crippen MR) is 64.9 cm³/mol. The van der Waals surface area contributed by atoms with Crippen LogP contribution in [0.1, 0.15) is 6.92 Å². The van der Waals surface area contributed by atoms with Crippen molar-refractivity contribution in [3.05, 3.63) is 30.3 Å². The zero-order valence-corrected chi connectivity index (χ0v) is 10.7. The molecule has 0 aliphatic heterocycles. The summed E-state index contributed by atoms with van der Waals surface area (Å²) in [7, 11) is 0. The number of alkyl halides is 3. The molecule has 0 amide bonds. The molecular formula is C11H10F3N5O2. The van der Waals surface area contributed by atoms with Crippen molar-refractivity contribution in [3.8, 4) is 5.69 Å². The fourth-order valence-corrected chi connectivity index (χ4v) is 1.48. The van der Waals surface area contributed by atoms with Crippen LogP contribution in [0.3, 0.4) is 0 Å². The van der Waals surface area contributed by atoms with Crippen molar-refractivity contribution in [2.75, 3.05) is 5.32 Å². The van der Waals surface area contributed by atoms with Crippen LogP contribution in [0.15, 0.2) is 30.3 Å². The molecule has 0 aliphatic rings. The van der Waals surface area contributed by atoms with Gasteiger partial charge in [-0.3, -0.25) is 0 Å². The van der Waals surface area contributed by atoms with Crippen LogP contribution >= 0.6 is 0 Å². The molecule has 10 heteroatoms. The Labute approximate surface area is 116 Å². The molecule has 2 aromatic rings. The summed E-state index contributed by atoms with van der Waals surface area (Å²) in [6.07, 6.45) is -5.04. The number of benzene rings is 1. The standard InChI is InChI=1S/C11H10F3N5O2/c1-10(8(20)21,11(12,13)14)15-9-16-17-18-19(9)7-5-3-2-4-6-7/h2-6H,1H3,(H,20,21)(H,15,16,18). The molecular weight excluding hydrogens is 291 g/mol. The maximum absolute atomic E-state index is 13.0. The summed E-state index contributed by atoms with van der Waals surface area (Å²) in [5, 5.41) is 20.9. The Bertz CT molecular complexity index is 643. The van der Waals surface area contributed by atoms with Crippen LogP contribution in [-0.2, 0) is 4.79 Å². The third-order valence-electron chi connectivity index (χ3n) is 2.83. The number of para-hydroxylation sites is 1. The summed E-state index contributed by atoms with van der Waals surface area (Å²) < 4.78 is 39.9. The lowest BCUT2D eigenvalue weighted by Crippen LogP contribution is -2.56. The van der Waals surface area contributed by atoms with Gasteiger partial charge in [-0.1, -0.05) is 23.3 Å². The van der Waals surface area contributed by atoms with Crippen molar-refractivity contribution >= 4 is 11.9 Å². The minimum Gasteiger partial charge on any atom is -0.479 e. The van der Waals surface area contributed by atoms with Gasteiger partial charge in [0.2, 0.25) is 11.5 Å². The van der Waals surface area contributed by atoms with Gasteiger partial charge in [-0.2, -0.15) is 17.9 Å². The molecule has 0 fully saturated rings. The van der Waals surface area contributed by atoms with E-state index in [9.17, 15) is 18.0 Å². The van der Waals surface area contributed by atoms with Gasteiger partial charge < -0.3 is 10.4 Å². The zero-order chi connectivity index (χ0) is 15.7. The fraction of sp³-hybridized carbons (Fsp3) is 0.273. The van der Waals surface area contributed by atoms with Gasteiger partial charge in [0.25, 0.3) is 0 Å². The second-order valence-corrected chi connectivity index (χ2v) is 4.30. The number of halogens is 3. The number of carboxylic acids is 1. The van der Waals surface area contributed by atoms with E-state index in [1.54, 1.807) is 30.3 Å². The Kier molecular flexibility index (Phi) is 3.54. The number of rotatable bonds is 4. The zero-order valence-electron chi connectivity index (χ0n) is 10.7. The Hall–Kier alpha value is -2.65. The normalized spacial score (nSPS) is 14.5. The van der Waals surface area contributed by atoms with E-state index >= 15 is 0 Å². The van der Waals surface area contributed by atoms with E-state index in [0.29, 0.717) is 12.6 Å². The number of nitrogens with one attached hydrogen (secondary N) is 1. The molecule has 2 rings (SSSR count). The number of nitrogens with zero attached hydrogens (tertiary/aromatic N) is 4. The Balaban J connectivity index is 2.41. The molecule has 1 unspecified atom stereocenters. The summed E-state index contributed by atoms with van der Waals surface area (Å²) in [4.78, 5) is 11.0. The minimum absolute atomic E-state index is 0.389. The van der Waals surface area contributed by atoms with Crippen molar-refractivity contribution in [2.24, 2.45) is 0 Å². The summed E-state index contributed by atoms with van der Waals surface area (Å²) in [6, 6.07) is 8.11.